The molecule has 1 amide bonds. The van der Waals surface area contributed by atoms with Gasteiger partial charge in [0.05, 0.1) is 0 Å². The molecule has 2 fully saturated rings. The standard InChI is InChI=1S/C12H17N3O2/c1-8-13-11(17-14-8)10-6-3-7-15(10)12(16)9-4-2-5-9/h9-10H,2-7H2,1H3/t10-/m1/s1. The van der Waals surface area contributed by atoms with Crippen molar-refractivity contribution in [3.05, 3.63) is 11.7 Å². The first-order chi connectivity index (χ1) is 8.25. The number of aryl methyl sites for hydroxylation is 1. The Labute approximate surface area is 100 Å². The van der Waals surface area contributed by atoms with Gasteiger partial charge in [-0.1, -0.05) is 11.6 Å². The van der Waals surface area contributed by atoms with E-state index in [-0.39, 0.29) is 17.9 Å². The molecular weight excluding hydrogens is 218 g/mol. The summed E-state index contributed by atoms with van der Waals surface area (Å²) in [6.45, 7) is 2.64. The average molecular weight is 235 g/mol. The summed E-state index contributed by atoms with van der Waals surface area (Å²) in [6.07, 6.45) is 5.26. The molecule has 1 aromatic rings. The molecule has 0 bridgehead atoms. The maximum atomic E-state index is 12.3. The van der Waals surface area contributed by atoms with E-state index >= 15 is 0 Å². The van der Waals surface area contributed by atoms with Crippen LogP contribution in [0.25, 0.3) is 0 Å². The molecule has 1 atom stereocenters. The van der Waals surface area contributed by atoms with Crippen molar-refractivity contribution in [3.63, 3.8) is 0 Å². The summed E-state index contributed by atoms with van der Waals surface area (Å²) < 4.78 is 5.21. The molecule has 0 unspecified atom stereocenters. The molecule has 1 aliphatic carbocycles. The normalized spacial score (nSPS) is 25.0. The largest absolute Gasteiger partial charge is 0.337 e. The molecule has 1 saturated carbocycles. The molecule has 2 aliphatic rings. The lowest BCUT2D eigenvalue weighted by Gasteiger charge is -2.31. The number of carbonyl (C=O) groups excluding carboxylic acids is 1. The van der Waals surface area contributed by atoms with Gasteiger partial charge in [0.25, 0.3) is 0 Å². The molecule has 1 saturated heterocycles. The summed E-state index contributed by atoms with van der Waals surface area (Å²) in [6, 6.07) is 0.0179. The maximum Gasteiger partial charge on any atom is 0.249 e. The van der Waals surface area contributed by atoms with Gasteiger partial charge in [-0.3, -0.25) is 4.79 Å². The number of hydrogen-bond acceptors (Lipinski definition) is 4. The number of hydrogen-bond donors (Lipinski definition) is 0. The van der Waals surface area contributed by atoms with Gasteiger partial charge in [0.2, 0.25) is 11.8 Å². The van der Waals surface area contributed by atoms with Gasteiger partial charge in [-0.25, -0.2) is 0 Å². The molecule has 0 aromatic carbocycles. The van der Waals surface area contributed by atoms with Gasteiger partial charge in [-0.15, -0.1) is 0 Å². The van der Waals surface area contributed by atoms with E-state index in [0.717, 1.165) is 32.2 Å². The van der Waals surface area contributed by atoms with Gasteiger partial charge >= 0.3 is 0 Å². The summed E-state index contributed by atoms with van der Waals surface area (Å²) in [4.78, 5) is 18.5. The minimum absolute atomic E-state index is 0.0179. The highest BCUT2D eigenvalue weighted by atomic mass is 16.5. The van der Waals surface area contributed by atoms with Crippen molar-refractivity contribution in [2.45, 2.75) is 45.1 Å². The molecule has 1 aromatic heterocycles. The number of aromatic nitrogens is 2. The first-order valence-electron chi connectivity index (χ1n) is 6.36. The number of likely N-dealkylation sites (tertiary alicyclic amines) is 1. The SMILES string of the molecule is Cc1noc([C@H]2CCCN2C(=O)C2CCC2)n1. The minimum Gasteiger partial charge on any atom is -0.337 e. The summed E-state index contributed by atoms with van der Waals surface area (Å²) in [5.41, 5.74) is 0. The number of carbonyl (C=O) groups is 1. The lowest BCUT2D eigenvalue weighted by atomic mass is 9.84. The maximum absolute atomic E-state index is 12.3. The summed E-state index contributed by atoms with van der Waals surface area (Å²) in [5.74, 6) is 1.78. The first-order valence-corrected chi connectivity index (χ1v) is 6.36. The van der Waals surface area contributed by atoms with Gasteiger partial charge in [0, 0.05) is 12.5 Å². The molecule has 2 heterocycles. The van der Waals surface area contributed by atoms with Crippen LogP contribution in [0.2, 0.25) is 0 Å². The Morgan fingerprint density at radius 1 is 1.35 bits per heavy atom. The topological polar surface area (TPSA) is 59.2 Å². The molecule has 5 heteroatoms. The highest BCUT2D eigenvalue weighted by Gasteiger charge is 2.38. The second-order valence-electron chi connectivity index (χ2n) is 5.00. The van der Waals surface area contributed by atoms with Gasteiger partial charge in [-0.05, 0) is 32.6 Å². The van der Waals surface area contributed by atoms with Crippen LogP contribution in [0, 0.1) is 12.8 Å². The zero-order chi connectivity index (χ0) is 11.8. The highest BCUT2D eigenvalue weighted by Crippen LogP contribution is 2.36. The molecule has 17 heavy (non-hydrogen) atoms. The quantitative estimate of drug-likeness (QED) is 0.784. The zero-order valence-electron chi connectivity index (χ0n) is 10.1. The fourth-order valence-electron chi connectivity index (χ4n) is 2.63. The van der Waals surface area contributed by atoms with Crippen LogP contribution in [0.3, 0.4) is 0 Å². The Hall–Kier alpha value is -1.39. The summed E-state index contributed by atoms with van der Waals surface area (Å²) >= 11 is 0. The van der Waals surface area contributed by atoms with E-state index in [1.807, 2.05) is 4.90 Å². The van der Waals surface area contributed by atoms with Crippen LogP contribution in [0.15, 0.2) is 4.52 Å². The predicted octanol–water partition coefficient (Wildman–Crippen LogP) is 1.84. The molecule has 1 aliphatic heterocycles. The third kappa shape index (κ3) is 1.83. The first kappa shape index (κ1) is 10.7. The lowest BCUT2D eigenvalue weighted by Crippen LogP contribution is -2.38. The Bertz CT molecular complexity index is 425. The van der Waals surface area contributed by atoms with Crippen molar-refractivity contribution >= 4 is 5.91 Å². The fourth-order valence-corrected chi connectivity index (χ4v) is 2.63. The minimum atomic E-state index is 0.0179. The Balaban J connectivity index is 1.77. The summed E-state index contributed by atoms with van der Waals surface area (Å²) in [7, 11) is 0. The molecule has 0 radical (unpaired) electrons. The zero-order valence-corrected chi connectivity index (χ0v) is 10.1. The number of amides is 1. The van der Waals surface area contributed by atoms with E-state index in [1.54, 1.807) is 6.92 Å². The van der Waals surface area contributed by atoms with Crippen molar-refractivity contribution < 1.29 is 9.32 Å². The second kappa shape index (κ2) is 4.13. The van der Waals surface area contributed by atoms with Crippen LogP contribution in [0.4, 0.5) is 0 Å². The lowest BCUT2D eigenvalue weighted by molar-refractivity contribution is -0.139. The fraction of sp³-hybridized carbons (Fsp3) is 0.750. The van der Waals surface area contributed by atoms with Gasteiger partial charge in [-0.2, -0.15) is 4.98 Å². The van der Waals surface area contributed by atoms with Crippen molar-refractivity contribution in [1.29, 1.82) is 0 Å². The van der Waals surface area contributed by atoms with Crippen molar-refractivity contribution in [2.75, 3.05) is 6.54 Å². The Kier molecular flexibility index (Phi) is 2.61. The summed E-state index contributed by atoms with van der Waals surface area (Å²) in [5, 5.41) is 3.81. The van der Waals surface area contributed by atoms with E-state index in [2.05, 4.69) is 10.1 Å². The van der Waals surface area contributed by atoms with E-state index in [0.29, 0.717) is 11.7 Å². The predicted molar refractivity (Wildman–Crippen MR) is 60.1 cm³/mol. The Morgan fingerprint density at radius 3 is 2.76 bits per heavy atom. The monoisotopic (exact) mass is 235 g/mol. The Morgan fingerprint density at radius 2 is 2.18 bits per heavy atom. The molecule has 92 valence electrons. The van der Waals surface area contributed by atoms with E-state index in [1.165, 1.54) is 6.42 Å². The van der Waals surface area contributed by atoms with Crippen LogP contribution in [0.1, 0.15) is 49.9 Å². The smallest absolute Gasteiger partial charge is 0.249 e. The molecule has 0 spiro atoms. The van der Waals surface area contributed by atoms with Crippen LogP contribution in [0.5, 0.6) is 0 Å². The van der Waals surface area contributed by atoms with Crippen LogP contribution < -0.4 is 0 Å². The molecular formula is C12H17N3O2. The third-order valence-corrected chi connectivity index (χ3v) is 3.82. The molecule has 5 nitrogen and oxygen atoms in total. The van der Waals surface area contributed by atoms with Crippen molar-refractivity contribution in [3.8, 4) is 0 Å². The highest BCUT2D eigenvalue weighted by molar-refractivity contribution is 5.80. The van der Waals surface area contributed by atoms with Crippen molar-refractivity contribution in [1.82, 2.24) is 15.0 Å². The van der Waals surface area contributed by atoms with E-state index < -0.39 is 0 Å². The number of rotatable bonds is 2. The van der Waals surface area contributed by atoms with Gasteiger partial charge in [0.15, 0.2) is 5.82 Å². The van der Waals surface area contributed by atoms with Crippen LogP contribution in [-0.2, 0) is 4.79 Å². The third-order valence-electron chi connectivity index (χ3n) is 3.82. The second-order valence-corrected chi connectivity index (χ2v) is 5.00. The van der Waals surface area contributed by atoms with E-state index in [4.69, 9.17) is 4.52 Å². The van der Waals surface area contributed by atoms with Gasteiger partial charge in [0.1, 0.15) is 6.04 Å². The molecule has 3 rings (SSSR count). The molecule has 0 N–H and O–H groups in total. The number of nitrogens with zero attached hydrogens (tertiary/aromatic N) is 3. The van der Waals surface area contributed by atoms with Crippen LogP contribution >= 0.6 is 0 Å². The van der Waals surface area contributed by atoms with Crippen LogP contribution in [-0.4, -0.2) is 27.5 Å². The van der Waals surface area contributed by atoms with Crippen molar-refractivity contribution in [2.24, 2.45) is 5.92 Å². The average Bonchev–Trinajstić information content (AvgIpc) is 2.81. The van der Waals surface area contributed by atoms with E-state index in [9.17, 15) is 4.79 Å². The van der Waals surface area contributed by atoms with Gasteiger partial charge < -0.3 is 9.42 Å².